The number of halogens is 11. The van der Waals surface area contributed by atoms with E-state index >= 15 is 8.78 Å². The van der Waals surface area contributed by atoms with E-state index in [1.807, 2.05) is 0 Å². The molecule has 0 aliphatic heterocycles. The van der Waals surface area contributed by atoms with Crippen molar-refractivity contribution in [2.24, 2.45) is 0 Å². The summed E-state index contributed by atoms with van der Waals surface area (Å²) in [6.07, 6.45) is -12.6. The highest BCUT2D eigenvalue weighted by atomic mass is 35.5. The van der Waals surface area contributed by atoms with Crippen LogP contribution in [0.3, 0.4) is 0 Å². The number of carboxylic acids is 1. The summed E-state index contributed by atoms with van der Waals surface area (Å²) in [6.45, 7) is -0.927. The number of carboxylic acid groups (broad SMARTS) is 1. The van der Waals surface area contributed by atoms with Crippen molar-refractivity contribution in [2.75, 3.05) is 23.4 Å². The molecule has 3 aromatic heterocycles. The highest BCUT2D eigenvalue weighted by Gasteiger charge is 2.50. The zero-order chi connectivity index (χ0) is 51.1. The number of carbonyl (C=O) groups excluding carboxylic acids is 2. The maximum absolute atomic E-state index is 15.1. The maximum Gasteiger partial charge on any atom is 0.435 e. The van der Waals surface area contributed by atoms with Gasteiger partial charge in [-0.1, -0.05) is 23.6 Å². The second-order valence-electron chi connectivity index (χ2n) is 15.9. The smallest absolute Gasteiger partial charge is 0.435 e. The Labute approximate surface area is 394 Å². The lowest BCUT2D eigenvalue weighted by Crippen LogP contribution is -2.35. The molecule has 1 aliphatic carbocycles. The number of alkyl halides is 8. The Kier molecular flexibility index (Phi) is 15.0. The Morgan fingerprint density at radius 3 is 2.23 bits per heavy atom. The topological polar surface area (TPSA) is 179 Å². The van der Waals surface area contributed by atoms with Crippen molar-refractivity contribution in [3.05, 3.63) is 93.0 Å². The molecule has 69 heavy (non-hydrogen) atoms. The normalized spacial score (nSPS) is 14.9. The van der Waals surface area contributed by atoms with Gasteiger partial charge in [0.05, 0.1) is 34.1 Å². The van der Waals surface area contributed by atoms with Gasteiger partial charge < -0.3 is 15.2 Å². The lowest BCUT2D eigenvalue weighted by Gasteiger charge is -2.23. The summed E-state index contributed by atoms with van der Waals surface area (Å²) in [5, 5.41) is 17.9. The molecule has 3 heterocycles. The van der Waals surface area contributed by atoms with Gasteiger partial charge in [-0.15, -0.1) is 0 Å². The van der Waals surface area contributed by atoms with Crippen LogP contribution in [0.25, 0.3) is 22.0 Å². The number of fused-ring (bicyclic) bond motifs is 2. The molecule has 1 aliphatic rings. The highest BCUT2D eigenvalue weighted by molar-refractivity contribution is 7.86. The predicted molar refractivity (Wildman–Crippen MR) is 230 cm³/mol. The lowest BCUT2D eigenvalue weighted by atomic mass is 9.93. The van der Waals surface area contributed by atoms with E-state index in [2.05, 4.69) is 32.3 Å². The second kappa shape index (κ2) is 19.7. The number of aromatic nitrogens is 5. The second-order valence-corrected chi connectivity index (χ2v) is 19.4. The van der Waals surface area contributed by atoms with Crippen LogP contribution in [0, 0.1) is 23.5 Å². The predicted octanol–water partition coefficient (Wildman–Crippen LogP) is 8.17. The summed E-state index contributed by atoms with van der Waals surface area (Å²) < 4.78 is 175. The quantitative estimate of drug-likeness (QED) is 0.0815. The third-order valence-corrected chi connectivity index (χ3v) is 13.1. The first-order valence-electron chi connectivity index (χ1n) is 19.9. The minimum absolute atomic E-state index is 0.164. The Morgan fingerprint density at radius 2 is 1.64 bits per heavy atom. The molecule has 3 atom stereocenters. The first kappa shape index (κ1) is 52.3. The van der Waals surface area contributed by atoms with Crippen molar-refractivity contribution in [2.45, 2.75) is 81.7 Å². The van der Waals surface area contributed by atoms with Crippen molar-refractivity contribution < 1.29 is 76.5 Å². The number of nitrogens with zero attached hydrogens (tertiary/aromatic N) is 6. The van der Waals surface area contributed by atoms with E-state index < -0.39 is 160 Å². The standard InChI is InChI=1S/C42H36ClF10N7O7S2/c1-39(2,68(3)65)12-9-24-5-6-25(26-7-8-28(43)32-34(26)59(20-41(48,49)50)57-37(32)60(69(4)66)38(64)67-14-11-31(62)63)33(54-24)29(17-21-15-22(44)18-23(45)16-21)55-30(61)19-58-36-27(10-13-40(36,46)47)35(56-58)42(51,52)53/h5-8,15-16,18,29H,10-11,13-14,17,19-20H2,1-4H3,(H,55,61)(H,62,63). The van der Waals surface area contributed by atoms with Gasteiger partial charge in [0.2, 0.25) is 5.91 Å². The number of aliphatic carboxylic acids is 1. The van der Waals surface area contributed by atoms with Crippen LogP contribution in [0.15, 0.2) is 42.5 Å². The van der Waals surface area contributed by atoms with Gasteiger partial charge in [0.1, 0.15) is 58.5 Å². The highest BCUT2D eigenvalue weighted by Crippen LogP contribution is 2.47. The number of hydrogen-bond acceptors (Lipinski definition) is 9. The fraction of sp³-hybridized carbons (Fsp3) is 0.381. The summed E-state index contributed by atoms with van der Waals surface area (Å²) in [4.78, 5) is 43.0. The van der Waals surface area contributed by atoms with Crippen molar-refractivity contribution in [1.29, 1.82) is 0 Å². The molecule has 27 heteroatoms. The molecule has 0 bridgehead atoms. The van der Waals surface area contributed by atoms with Gasteiger partial charge >= 0.3 is 24.4 Å². The molecule has 0 spiro atoms. The summed E-state index contributed by atoms with van der Waals surface area (Å²) in [5.41, 5.74) is -5.45. The van der Waals surface area contributed by atoms with Crippen LogP contribution in [-0.2, 0) is 74.1 Å². The van der Waals surface area contributed by atoms with E-state index in [0.717, 1.165) is 30.5 Å². The fourth-order valence-corrected chi connectivity index (χ4v) is 8.34. The van der Waals surface area contributed by atoms with Crippen molar-refractivity contribution in [3.8, 4) is 23.0 Å². The largest absolute Gasteiger partial charge is 0.481 e. The van der Waals surface area contributed by atoms with Crippen LogP contribution in [0.2, 0.25) is 5.02 Å². The lowest BCUT2D eigenvalue weighted by molar-refractivity contribution is -0.143. The molecule has 0 radical (unpaired) electrons. The Hall–Kier alpha value is -6.07. The molecule has 370 valence electrons. The molecule has 3 unspecified atom stereocenters. The van der Waals surface area contributed by atoms with Gasteiger partial charge in [-0.25, -0.2) is 22.8 Å². The first-order valence-corrected chi connectivity index (χ1v) is 23.4. The van der Waals surface area contributed by atoms with Crippen LogP contribution in [-0.4, -0.2) is 86.1 Å². The number of ether oxygens (including phenoxy) is 1. The van der Waals surface area contributed by atoms with E-state index in [4.69, 9.17) is 21.4 Å². The van der Waals surface area contributed by atoms with E-state index in [0.29, 0.717) is 15.1 Å². The van der Waals surface area contributed by atoms with E-state index in [1.54, 1.807) is 0 Å². The third-order valence-electron chi connectivity index (χ3n) is 10.4. The van der Waals surface area contributed by atoms with Gasteiger partial charge in [-0.05, 0) is 68.5 Å². The number of carbonyl (C=O) groups is 3. The maximum atomic E-state index is 15.1. The number of rotatable bonds is 14. The number of pyridine rings is 1. The SMILES string of the molecule is CS(=O)N(C(=O)OCCC(=O)O)c1nn(CC(F)(F)F)c2c(-c3ccc(C#CC(C)(C)S(C)=O)nc3C(Cc3cc(F)cc(F)c3)NC(=O)Cn3nc(C(F)(F)F)c4c3C(F)(F)CC4)ccc(Cl)c12. The Balaban J connectivity index is 1.62. The number of hydrogen-bond donors (Lipinski definition) is 2. The number of benzene rings is 2. The summed E-state index contributed by atoms with van der Waals surface area (Å²) in [7, 11) is -4.06. The number of anilines is 1. The van der Waals surface area contributed by atoms with E-state index in [9.17, 15) is 57.9 Å². The average molecular weight is 1040 g/mol. The zero-order valence-electron chi connectivity index (χ0n) is 36.1. The van der Waals surface area contributed by atoms with Gasteiger partial charge in [0.15, 0.2) is 11.5 Å². The van der Waals surface area contributed by atoms with Crippen LogP contribution in [0.5, 0.6) is 0 Å². The molecule has 2 aromatic carbocycles. The molecule has 6 rings (SSSR count). The van der Waals surface area contributed by atoms with Crippen molar-refractivity contribution >= 4 is 68.1 Å². The summed E-state index contributed by atoms with van der Waals surface area (Å²) >= 11 is 6.61. The molecular weight excluding hydrogens is 1000 g/mol. The van der Waals surface area contributed by atoms with Gasteiger partial charge in [0, 0.05) is 52.5 Å². The molecule has 0 saturated carbocycles. The molecule has 2 N–H and O–H groups in total. The van der Waals surface area contributed by atoms with Gasteiger partial charge in [-0.2, -0.15) is 49.6 Å². The van der Waals surface area contributed by atoms with Crippen LogP contribution >= 0.6 is 11.6 Å². The molecule has 0 saturated heterocycles. The van der Waals surface area contributed by atoms with Crippen LogP contribution < -0.4 is 9.62 Å². The zero-order valence-corrected chi connectivity index (χ0v) is 38.5. The van der Waals surface area contributed by atoms with Gasteiger partial charge in [0.25, 0.3) is 5.92 Å². The monoisotopic (exact) mass is 1040 g/mol. The molecule has 14 nitrogen and oxygen atoms in total. The Bertz CT molecular complexity index is 2960. The summed E-state index contributed by atoms with van der Waals surface area (Å²) in [6, 6.07) is 5.21. The molecule has 2 amide bonds. The number of nitrogens with one attached hydrogen (secondary N) is 1. The first-order chi connectivity index (χ1) is 32.0. The van der Waals surface area contributed by atoms with E-state index in [-0.39, 0.29) is 37.8 Å². The third kappa shape index (κ3) is 11.9. The van der Waals surface area contributed by atoms with Crippen molar-refractivity contribution in [3.63, 3.8) is 0 Å². The Morgan fingerprint density at radius 1 is 0.986 bits per heavy atom. The fourth-order valence-electron chi connectivity index (χ4n) is 7.27. The minimum Gasteiger partial charge on any atom is -0.481 e. The van der Waals surface area contributed by atoms with Gasteiger partial charge in [-0.3, -0.25) is 23.2 Å². The summed E-state index contributed by atoms with van der Waals surface area (Å²) in [5.74, 6) is -4.07. The molecule has 0 fully saturated rings. The van der Waals surface area contributed by atoms with E-state index in [1.165, 1.54) is 32.2 Å². The van der Waals surface area contributed by atoms with Crippen LogP contribution in [0.4, 0.5) is 54.5 Å². The molecule has 5 aromatic rings. The number of amides is 2. The van der Waals surface area contributed by atoms with Crippen LogP contribution in [0.1, 0.15) is 66.6 Å². The molecular formula is C42H36ClF10N7O7S2. The average Bonchev–Trinajstić information content (AvgIpc) is 3.87. The van der Waals surface area contributed by atoms with Crippen molar-refractivity contribution in [1.82, 2.24) is 29.9 Å². The minimum atomic E-state index is -5.21.